The summed E-state index contributed by atoms with van der Waals surface area (Å²) >= 11 is 0. The van der Waals surface area contributed by atoms with Gasteiger partial charge >= 0.3 is 0 Å². The molecule has 0 aliphatic carbocycles. The van der Waals surface area contributed by atoms with Crippen LogP contribution in [0.1, 0.15) is 19.8 Å². The molecular formula is C16H31N3O4. The minimum absolute atomic E-state index is 0.146. The lowest BCUT2D eigenvalue weighted by Crippen LogP contribution is -2.53. The van der Waals surface area contributed by atoms with Gasteiger partial charge in [-0.3, -0.25) is 4.99 Å². The Balaban J connectivity index is 1.80. The van der Waals surface area contributed by atoms with Crippen molar-refractivity contribution in [2.24, 2.45) is 4.99 Å². The normalized spacial score (nSPS) is 25.8. The Kier molecular flexibility index (Phi) is 8.67. The molecule has 2 atom stereocenters. The predicted octanol–water partition coefficient (Wildman–Crippen LogP) is 0.495. The molecule has 0 aromatic rings. The lowest BCUT2D eigenvalue weighted by Gasteiger charge is -2.37. The second-order valence-corrected chi connectivity index (χ2v) is 5.75. The van der Waals surface area contributed by atoms with E-state index >= 15 is 0 Å². The summed E-state index contributed by atoms with van der Waals surface area (Å²) in [5.74, 6) is 0.939. The summed E-state index contributed by atoms with van der Waals surface area (Å²) in [6.45, 7) is 8.70. The zero-order valence-corrected chi connectivity index (χ0v) is 14.5. The Morgan fingerprint density at radius 1 is 1.22 bits per heavy atom. The van der Waals surface area contributed by atoms with Crippen LogP contribution in [0.25, 0.3) is 0 Å². The molecule has 0 aromatic carbocycles. The average Bonchev–Trinajstić information content (AvgIpc) is 3.12. The van der Waals surface area contributed by atoms with E-state index < -0.39 is 0 Å². The molecule has 23 heavy (non-hydrogen) atoms. The molecule has 0 saturated carbocycles. The van der Waals surface area contributed by atoms with E-state index in [1.165, 1.54) is 0 Å². The Bertz CT molecular complexity index is 348. The standard InChI is InChI=1S/C16H31N3O4/c1-3-17-16(18-6-9-21-12-11-20-2)19-7-10-23-15(13-19)14-5-4-8-22-14/h14-15H,3-13H2,1-2H3,(H,17,18). The molecule has 2 aliphatic heterocycles. The topological polar surface area (TPSA) is 64.6 Å². The molecule has 7 nitrogen and oxygen atoms in total. The first-order chi connectivity index (χ1) is 11.3. The number of methoxy groups -OCH3 is 1. The van der Waals surface area contributed by atoms with Crippen LogP contribution in [-0.4, -0.2) is 89.4 Å². The SMILES string of the molecule is CCNC(=NCCOCCOC)N1CCOC(C2CCCO2)C1. The van der Waals surface area contributed by atoms with E-state index in [2.05, 4.69) is 22.1 Å². The van der Waals surface area contributed by atoms with Crippen molar-refractivity contribution in [2.45, 2.75) is 32.0 Å². The summed E-state index contributed by atoms with van der Waals surface area (Å²) in [6, 6.07) is 0. The van der Waals surface area contributed by atoms with Crippen LogP contribution >= 0.6 is 0 Å². The van der Waals surface area contributed by atoms with Gasteiger partial charge in [0, 0.05) is 33.4 Å². The van der Waals surface area contributed by atoms with Crippen molar-refractivity contribution >= 4 is 5.96 Å². The largest absolute Gasteiger partial charge is 0.382 e. The minimum atomic E-state index is 0.146. The van der Waals surface area contributed by atoms with Crippen molar-refractivity contribution in [1.82, 2.24) is 10.2 Å². The van der Waals surface area contributed by atoms with Crippen LogP contribution in [0.2, 0.25) is 0 Å². The van der Waals surface area contributed by atoms with Gasteiger partial charge in [0.05, 0.1) is 39.1 Å². The lowest BCUT2D eigenvalue weighted by molar-refractivity contribution is -0.0817. The third kappa shape index (κ3) is 6.25. The third-order valence-electron chi connectivity index (χ3n) is 4.04. The number of ether oxygens (including phenoxy) is 4. The highest BCUT2D eigenvalue weighted by molar-refractivity contribution is 5.80. The van der Waals surface area contributed by atoms with Gasteiger partial charge in [0.2, 0.25) is 0 Å². The molecule has 2 saturated heterocycles. The van der Waals surface area contributed by atoms with Crippen molar-refractivity contribution < 1.29 is 18.9 Å². The summed E-state index contributed by atoms with van der Waals surface area (Å²) in [5.41, 5.74) is 0. The van der Waals surface area contributed by atoms with Gasteiger partial charge in [-0.05, 0) is 19.8 Å². The number of aliphatic imine (C=N–C) groups is 1. The van der Waals surface area contributed by atoms with Crippen molar-refractivity contribution in [3.63, 3.8) is 0 Å². The van der Waals surface area contributed by atoms with E-state index in [1.54, 1.807) is 7.11 Å². The molecule has 1 N–H and O–H groups in total. The molecule has 0 spiro atoms. The number of nitrogens with zero attached hydrogens (tertiary/aromatic N) is 2. The van der Waals surface area contributed by atoms with Crippen LogP contribution in [-0.2, 0) is 18.9 Å². The van der Waals surface area contributed by atoms with Crippen LogP contribution in [0, 0.1) is 0 Å². The molecule has 2 unspecified atom stereocenters. The van der Waals surface area contributed by atoms with E-state index in [1.807, 2.05) is 0 Å². The van der Waals surface area contributed by atoms with Gasteiger partial charge in [0.25, 0.3) is 0 Å². The maximum absolute atomic E-state index is 5.90. The molecule has 0 aromatic heterocycles. The highest BCUT2D eigenvalue weighted by atomic mass is 16.5. The van der Waals surface area contributed by atoms with Crippen LogP contribution in [0.4, 0.5) is 0 Å². The zero-order valence-electron chi connectivity index (χ0n) is 14.5. The molecule has 2 fully saturated rings. The average molecular weight is 329 g/mol. The first-order valence-electron chi connectivity index (χ1n) is 8.68. The lowest BCUT2D eigenvalue weighted by atomic mass is 10.1. The molecule has 7 heteroatoms. The van der Waals surface area contributed by atoms with Crippen molar-refractivity contribution in [1.29, 1.82) is 0 Å². The summed E-state index contributed by atoms with van der Waals surface area (Å²) in [6.07, 6.45) is 2.61. The van der Waals surface area contributed by atoms with Gasteiger partial charge in [-0.2, -0.15) is 0 Å². The molecule has 2 aliphatic rings. The Hall–Kier alpha value is -0.890. The first-order valence-corrected chi connectivity index (χ1v) is 8.68. The highest BCUT2D eigenvalue weighted by Gasteiger charge is 2.32. The smallest absolute Gasteiger partial charge is 0.194 e. The number of nitrogens with one attached hydrogen (secondary N) is 1. The fourth-order valence-corrected chi connectivity index (χ4v) is 2.87. The van der Waals surface area contributed by atoms with Gasteiger partial charge in [0.15, 0.2) is 5.96 Å². The number of guanidine groups is 1. The first kappa shape index (κ1) is 18.4. The fraction of sp³-hybridized carbons (Fsp3) is 0.938. The van der Waals surface area contributed by atoms with Gasteiger partial charge < -0.3 is 29.2 Å². The van der Waals surface area contributed by atoms with E-state index in [4.69, 9.17) is 18.9 Å². The van der Waals surface area contributed by atoms with Crippen LogP contribution < -0.4 is 5.32 Å². The Morgan fingerprint density at radius 2 is 2.09 bits per heavy atom. The maximum Gasteiger partial charge on any atom is 0.194 e. The second-order valence-electron chi connectivity index (χ2n) is 5.75. The van der Waals surface area contributed by atoms with Crippen molar-refractivity contribution in [3.8, 4) is 0 Å². The summed E-state index contributed by atoms with van der Waals surface area (Å²) < 4.78 is 22.1. The molecule has 134 valence electrons. The maximum atomic E-state index is 5.90. The summed E-state index contributed by atoms with van der Waals surface area (Å²) in [4.78, 5) is 6.94. The van der Waals surface area contributed by atoms with Crippen LogP contribution in [0.5, 0.6) is 0 Å². The van der Waals surface area contributed by atoms with Crippen LogP contribution in [0.15, 0.2) is 4.99 Å². The number of hydrogen-bond donors (Lipinski definition) is 1. The number of morpholine rings is 1. The number of hydrogen-bond acceptors (Lipinski definition) is 5. The Labute approximate surface area is 139 Å². The third-order valence-corrected chi connectivity index (χ3v) is 4.04. The molecule has 2 heterocycles. The molecule has 2 rings (SSSR count). The second kappa shape index (κ2) is 10.8. The zero-order chi connectivity index (χ0) is 16.3. The quantitative estimate of drug-likeness (QED) is 0.397. The Morgan fingerprint density at radius 3 is 2.83 bits per heavy atom. The summed E-state index contributed by atoms with van der Waals surface area (Å²) in [7, 11) is 1.67. The van der Waals surface area contributed by atoms with E-state index in [0.29, 0.717) is 26.4 Å². The van der Waals surface area contributed by atoms with E-state index in [0.717, 1.165) is 51.6 Å². The predicted molar refractivity (Wildman–Crippen MR) is 89.0 cm³/mol. The minimum Gasteiger partial charge on any atom is -0.382 e. The number of rotatable bonds is 8. The highest BCUT2D eigenvalue weighted by Crippen LogP contribution is 2.20. The van der Waals surface area contributed by atoms with Crippen molar-refractivity contribution in [2.75, 3.05) is 66.3 Å². The van der Waals surface area contributed by atoms with Gasteiger partial charge in [-0.1, -0.05) is 0 Å². The molecule has 0 radical (unpaired) electrons. The van der Waals surface area contributed by atoms with Gasteiger partial charge in [0.1, 0.15) is 6.10 Å². The molecular weight excluding hydrogens is 298 g/mol. The van der Waals surface area contributed by atoms with Gasteiger partial charge in [-0.25, -0.2) is 0 Å². The molecule has 0 bridgehead atoms. The monoisotopic (exact) mass is 329 g/mol. The van der Waals surface area contributed by atoms with Crippen molar-refractivity contribution in [3.05, 3.63) is 0 Å². The van der Waals surface area contributed by atoms with E-state index in [-0.39, 0.29) is 12.2 Å². The van der Waals surface area contributed by atoms with Crippen LogP contribution in [0.3, 0.4) is 0 Å². The summed E-state index contributed by atoms with van der Waals surface area (Å²) in [5, 5.41) is 3.36. The molecule has 0 amide bonds. The fourth-order valence-electron chi connectivity index (χ4n) is 2.87. The van der Waals surface area contributed by atoms with Gasteiger partial charge in [-0.15, -0.1) is 0 Å². The van der Waals surface area contributed by atoms with E-state index in [9.17, 15) is 0 Å².